The van der Waals surface area contributed by atoms with Crippen LogP contribution in [0.4, 0.5) is 11.6 Å². The topological polar surface area (TPSA) is 84.3 Å². The van der Waals surface area contributed by atoms with Crippen molar-refractivity contribution in [1.82, 2.24) is 9.97 Å². The SMILES string of the molecule is CCCc1nc(Nc2ccc(CCO)cc2)ncc1C(=O)OCC. The Balaban J connectivity index is 2.18. The first-order valence-corrected chi connectivity index (χ1v) is 8.17. The van der Waals surface area contributed by atoms with Crippen molar-refractivity contribution in [1.29, 1.82) is 0 Å². The van der Waals surface area contributed by atoms with Crippen LogP contribution in [0.2, 0.25) is 0 Å². The van der Waals surface area contributed by atoms with Gasteiger partial charge in [0.2, 0.25) is 5.95 Å². The highest BCUT2D eigenvalue weighted by Gasteiger charge is 2.15. The van der Waals surface area contributed by atoms with E-state index in [0.29, 0.717) is 36.7 Å². The van der Waals surface area contributed by atoms with Crippen molar-refractivity contribution in [3.05, 3.63) is 47.3 Å². The van der Waals surface area contributed by atoms with Gasteiger partial charge in [-0.1, -0.05) is 25.5 Å². The summed E-state index contributed by atoms with van der Waals surface area (Å²) in [6.45, 7) is 4.26. The van der Waals surface area contributed by atoms with Gasteiger partial charge in [0.25, 0.3) is 0 Å². The van der Waals surface area contributed by atoms with E-state index < -0.39 is 0 Å². The van der Waals surface area contributed by atoms with Crippen molar-refractivity contribution >= 4 is 17.6 Å². The van der Waals surface area contributed by atoms with E-state index in [1.807, 2.05) is 31.2 Å². The number of ether oxygens (including phenoxy) is 1. The van der Waals surface area contributed by atoms with Crippen LogP contribution in [0, 0.1) is 0 Å². The number of carbonyl (C=O) groups is 1. The Labute approximate surface area is 141 Å². The molecule has 1 aromatic heterocycles. The second-order valence-electron chi connectivity index (χ2n) is 5.32. The number of aryl methyl sites for hydroxylation is 1. The van der Waals surface area contributed by atoms with Crippen molar-refractivity contribution in [3.63, 3.8) is 0 Å². The van der Waals surface area contributed by atoms with Crippen LogP contribution in [-0.4, -0.2) is 34.3 Å². The summed E-state index contributed by atoms with van der Waals surface area (Å²) in [5.41, 5.74) is 3.02. The molecule has 0 atom stereocenters. The minimum Gasteiger partial charge on any atom is -0.462 e. The molecule has 2 N–H and O–H groups in total. The summed E-state index contributed by atoms with van der Waals surface area (Å²) in [6, 6.07) is 7.71. The van der Waals surface area contributed by atoms with Crippen molar-refractivity contribution in [3.8, 4) is 0 Å². The molecule has 1 heterocycles. The number of hydrogen-bond donors (Lipinski definition) is 2. The molecular formula is C18H23N3O3. The number of hydrogen-bond acceptors (Lipinski definition) is 6. The lowest BCUT2D eigenvalue weighted by atomic mass is 10.1. The summed E-state index contributed by atoms with van der Waals surface area (Å²) in [5, 5.41) is 12.1. The summed E-state index contributed by atoms with van der Waals surface area (Å²) in [7, 11) is 0. The largest absolute Gasteiger partial charge is 0.462 e. The number of nitrogens with zero attached hydrogens (tertiary/aromatic N) is 2. The van der Waals surface area contributed by atoms with E-state index in [1.165, 1.54) is 6.20 Å². The molecular weight excluding hydrogens is 306 g/mol. The molecule has 0 bridgehead atoms. The van der Waals surface area contributed by atoms with Gasteiger partial charge in [-0.15, -0.1) is 0 Å². The molecule has 0 aliphatic carbocycles. The third-order valence-electron chi connectivity index (χ3n) is 3.46. The number of nitrogens with one attached hydrogen (secondary N) is 1. The van der Waals surface area contributed by atoms with Crippen LogP contribution in [0.15, 0.2) is 30.5 Å². The Morgan fingerprint density at radius 3 is 2.58 bits per heavy atom. The van der Waals surface area contributed by atoms with E-state index in [-0.39, 0.29) is 12.6 Å². The zero-order valence-corrected chi connectivity index (χ0v) is 14.1. The Hall–Kier alpha value is -2.47. The Morgan fingerprint density at radius 2 is 1.96 bits per heavy atom. The van der Waals surface area contributed by atoms with Gasteiger partial charge in [-0.25, -0.2) is 14.8 Å². The summed E-state index contributed by atoms with van der Waals surface area (Å²) in [4.78, 5) is 20.6. The van der Waals surface area contributed by atoms with Crippen molar-refractivity contribution < 1.29 is 14.6 Å². The van der Waals surface area contributed by atoms with Crippen molar-refractivity contribution in [2.45, 2.75) is 33.1 Å². The smallest absolute Gasteiger partial charge is 0.341 e. The molecule has 0 spiro atoms. The van der Waals surface area contributed by atoms with Gasteiger partial charge in [-0.2, -0.15) is 0 Å². The summed E-state index contributed by atoms with van der Waals surface area (Å²) in [6.07, 6.45) is 3.70. The molecule has 0 saturated heterocycles. The maximum Gasteiger partial charge on any atom is 0.341 e. The molecule has 0 aliphatic rings. The highest BCUT2D eigenvalue weighted by atomic mass is 16.5. The van der Waals surface area contributed by atoms with Crippen LogP contribution >= 0.6 is 0 Å². The molecule has 0 aliphatic heterocycles. The van der Waals surface area contributed by atoms with Gasteiger partial charge in [0.1, 0.15) is 0 Å². The van der Waals surface area contributed by atoms with Crippen molar-refractivity contribution in [2.75, 3.05) is 18.5 Å². The predicted octanol–water partition coefficient (Wildman–Crippen LogP) is 2.88. The first kappa shape index (κ1) is 17.9. The third-order valence-corrected chi connectivity index (χ3v) is 3.46. The van der Waals surface area contributed by atoms with Crippen LogP contribution in [0.25, 0.3) is 0 Å². The second kappa shape index (κ2) is 8.98. The zero-order valence-electron chi connectivity index (χ0n) is 14.1. The highest BCUT2D eigenvalue weighted by Crippen LogP contribution is 2.17. The van der Waals surface area contributed by atoms with Crippen LogP contribution in [0.1, 0.15) is 41.9 Å². The normalized spacial score (nSPS) is 10.5. The highest BCUT2D eigenvalue weighted by molar-refractivity contribution is 5.90. The lowest BCUT2D eigenvalue weighted by Gasteiger charge is -2.10. The first-order valence-electron chi connectivity index (χ1n) is 8.17. The van der Waals surface area contributed by atoms with Crippen molar-refractivity contribution in [2.24, 2.45) is 0 Å². The molecule has 24 heavy (non-hydrogen) atoms. The molecule has 128 valence electrons. The van der Waals surface area contributed by atoms with E-state index in [1.54, 1.807) is 6.92 Å². The van der Waals surface area contributed by atoms with Crippen LogP contribution < -0.4 is 5.32 Å². The average Bonchev–Trinajstić information content (AvgIpc) is 2.58. The molecule has 0 radical (unpaired) electrons. The van der Waals surface area contributed by atoms with Crippen LogP contribution in [0.3, 0.4) is 0 Å². The second-order valence-corrected chi connectivity index (χ2v) is 5.32. The molecule has 0 unspecified atom stereocenters. The number of aliphatic hydroxyl groups excluding tert-OH is 1. The number of rotatable bonds is 8. The number of carbonyl (C=O) groups excluding carboxylic acids is 1. The Kier molecular flexibility index (Phi) is 6.69. The predicted molar refractivity (Wildman–Crippen MR) is 92.5 cm³/mol. The van der Waals surface area contributed by atoms with Gasteiger partial charge in [0.05, 0.1) is 17.9 Å². The fourth-order valence-electron chi connectivity index (χ4n) is 2.30. The lowest BCUT2D eigenvalue weighted by molar-refractivity contribution is 0.0524. The Morgan fingerprint density at radius 1 is 1.21 bits per heavy atom. The standard InChI is InChI=1S/C18H23N3O3/c1-3-5-16-15(17(23)24-4-2)12-19-18(21-16)20-14-8-6-13(7-9-14)10-11-22/h6-9,12,22H,3-5,10-11H2,1-2H3,(H,19,20,21). The maximum absolute atomic E-state index is 12.0. The fraction of sp³-hybridized carbons (Fsp3) is 0.389. The molecule has 2 rings (SSSR count). The van der Waals surface area contributed by atoms with E-state index >= 15 is 0 Å². The summed E-state index contributed by atoms with van der Waals surface area (Å²) in [5.74, 6) is 0.0577. The van der Waals surface area contributed by atoms with Gasteiger partial charge in [-0.3, -0.25) is 0 Å². The molecule has 0 saturated carbocycles. The molecule has 6 heteroatoms. The van der Waals surface area contributed by atoms with E-state index in [4.69, 9.17) is 9.84 Å². The summed E-state index contributed by atoms with van der Waals surface area (Å²) >= 11 is 0. The minimum absolute atomic E-state index is 0.131. The maximum atomic E-state index is 12.0. The van der Waals surface area contributed by atoms with E-state index in [9.17, 15) is 4.79 Å². The Bertz CT molecular complexity index is 672. The van der Waals surface area contributed by atoms with Crippen LogP contribution in [-0.2, 0) is 17.6 Å². The van der Waals surface area contributed by atoms with Gasteiger partial charge in [-0.05, 0) is 37.5 Å². The van der Waals surface area contributed by atoms with E-state index in [0.717, 1.165) is 17.7 Å². The minimum atomic E-state index is -0.388. The molecule has 0 fully saturated rings. The summed E-state index contributed by atoms with van der Waals surface area (Å²) < 4.78 is 5.05. The van der Waals surface area contributed by atoms with Gasteiger partial charge in [0, 0.05) is 18.5 Å². The average molecular weight is 329 g/mol. The number of benzene rings is 1. The number of aromatic nitrogens is 2. The molecule has 1 aromatic carbocycles. The number of aliphatic hydroxyl groups is 1. The molecule has 6 nitrogen and oxygen atoms in total. The third kappa shape index (κ3) is 4.76. The van der Waals surface area contributed by atoms with Gasteiger partial charge >= 0.3 is 5.97 Å². The quantitative estimate of drug-likeness (QED) is 0.725. The number of esters is 1. The van der Waals surface area contributed by atoms with Crippen LogP contribution in [0.5, 0.6) is 0 Å². The lowest BCUT2D eigenvalue weighted by Crippen LogP contribution is -2.12. The van der Waals surface area contributed by atoms with E-state index in [2.05, 4.69) is 15.3 Å². The fourth-order valence-corrected chi connectivity index (χ4v) is 2.30. The first-order chi connectivity index (χ1) is 11.7. The van der Waals surface area contributed by atoms with Gasteiger partial charge < -0.3 is 15.2 Å². The molecule has 2 aromatic rings. The monoisotopic (exact) mass is 329 g/mol. The number of anilines is 2. The zero-order chi connectivity index (χ0) is 17.4. The molecule has 0 amide bonds. The van der Waals surface area contributed by atoms with Gasteiger partial charge in [0.15, 0.2) is 0 Å².